The van der Waals surface area contributed by atoms with Gasteiger partial charge in [-0.15, -0.1) is 0 Å². The van der Waals surface area contributed by atoms with E-state index in [1.54, 1.807) is 0 Å². The van der Waals surface area contributed by atoms with Crippen LogP contribution in [0.5, 0.6) is 0 Å². The zero-order valence-corrected chi connectivity index (χ0v) is 7.48. The van der Waals surface area contributed by atoms with Crippen LogP contribution in [0.1, 0.15) is 5.56 Å². The molecule has 2 nitrogen and oxygen atoms in total. The summed E-state index contributed by atoms with van der Waals surface area (Å²) in [7, 11) is 0. The molecule has 13 heavy (non-hydrogen) atoms. The van der Waals surface area contributed by atoms with Gasteiger partial charge in [0.1, 0.15) is 5.84 Å². The average molecular weight is 172 g/mol. The van der Waals surface area contributed by atoms with Crippen LogP contribution in [0, 0.1) is 0 Å². The van der Waals surface area contributed by atoms with Crippen LogP contribution in [0.25, 0.3) is 0 Å². The highest BCUT2D eigenvalue weighted by molar-refractivity contribution is 6.00. The Morgan fingerprint density at radius 3 is 2.77 bits per heavy atom. The first kappa shape index (κ1) is 8.05. The molecule has 0 aliphatic carbocycles. The van der Waals surface area contributed by atoms with Crippen molar-refractivity contribution in [2.24, 2.45) is 4.99 Å². The number of aliphatic imine (C=N–C) groups is 1. The molecule has 1 aliphatic heterocycles. The lowest BCUT2D eigenvalue weighted by Crippen LogP contribution is -2.21. The van der Waals surface area contributed by atoms with Gasteiger partial charge in [0.25, 0.3) is 0 Å². The van der Waals surface area contributed by atoms with Crippen molar-refractivity contribution in [3.8, 4) is 0 Å². The normalized spacial score (nSPS) is 15.7. The maximum absolute atomic E-state index is 4.43. The molecule has 0 aromatic heterocycles. The molecular formula is C11H12N2. The van der Waals surface area contributed by atoms with Crippen molar-refractivity contribution >= 4 is 5.84 Å². The van der Waals surface area contributed by atoms with Gasteiger partial charge < -0.3 is 4.90 Å². The fraction of sp³-hybridized carbons (Fsp3) is 0.182. The molecule has 0 fully saturated rings. The summed E-state index contributed by atoms with van der Waals surface area (Å²) < 4.78 is 0. The van der Waals surface area contributed by atoms with Gasteiger partial charge in [-0.25, -0.2) is 0 Å². The molecule has 0 saturated heterocycles. The number of amidine groups is 1. The van der Waals surface area contributed by atoms with Crippen molar-refractivity contribution in [2.75, 3.05) is 13.1 Å². The summed E-state index contributed by atoms with van der Waals surface area (Å²) in [6.07, 6.45) is 1.83. The zero-order chi connectivity index (χ0) is 9.10. The average Bonchev–Trinajstić information content (AvgIpc) is 2.67. The minimum atomic E-state index is 0.871. The van der Waals surface area contributed by atoms with Crippen LogP contribution in [-0.4, -0.2) is 23.8 Å². The molecular weight excluding hydrogens is 160 g/mol. The lowest BCUT2D eigenvalue weighted by molar-refractivity contribution is 0.614. The first-order valence-electron chi connectivity index (χ1n) is 4.41. The van der Waals surface area contributed by atoms with Gasteiger partial charge in [-0.3, -0.25) is 4.99 Å². The van der Waals surface area contributed by atoms with E-state index in [9.17, 15) is 0 Å². The minimum Gasteiger partial charge on any atom is -0.332 e. The zero-order valence-electron chi connectivity index (χ0n) is 7.48. The largest absolute Gasteiger partial charge is 0.332 e. The second-order valence-electron chi connectivity index (χ2n) is 2.95. The van der Waals surface area contributed by atoms with Crippen LogP contribution >= 0.6 is 0 Å². The standard InChI is InChI=1S/C11H12N2/c1-2-13-9-8-12-11(13)10-6-4-3-5-7-10/h2-7H,1,8-9H2. The van der Waals surface area contributed by atoms with Crippen LogP contribution in [-0.2, 0) is 0 Å². The molecule has 0 spiro atoms. The van der Waals surface area contributed by atoms with Crippen molar-refractivity contribution in [1.29, 1.82) is 0 Å². The third kappa shape index (κ3) is 1.47. The predicted molar refractivity (Wildman–Crippen MR) is 54.7 cm³/mol. The van der Waals surface area contributed by atoms with Crippen molar-refractivity contribution in [3.05, 3.63) is 48.7 Å². The molecule has 1 aromatic carbocycles. The van der Waals surface area contributed by atoms with E-state index < -0.39 is 0 Å². The van der Waals surface area contributed by atoms with Crippen LogP contribution in [0.4, 0.5) is 0 Å². The summed E-state index contributed by atoms with van der Waals surface area (Å²) >= 11 is 0. The molecule has 0 amide bonds. The number of hydrogen-bond acceptors (Lipinski definition) is 2. The van der Waals surface area contributed by atoms with Crippen LogP contribution in [0.3, 0.4) is 0 Å². The first-order valence-corrected chi connectivity index (χ1v) is 4.41. The maximum atomic E-state index is 4.43. The van der Waals surface area contributed by atoms with Gasteiger partial charge >= 0.3 is 0 Å². The van der Waals surface area contributed by atoms with Gasteiger partial charge in [0.2, 0.25) is 0 Å². The van der Waals surface area contributed by atoms with E-state index in [0.29, 0.717) is 0 Å². The summed E-state index contributed by atoms with van der Waals surface area (Å²) in [5.74, 6) is 1.04. The van der Waals surface area contributed by atoms with Crippen LogP contribution < -0.4 is 0 Å². The van der Waals surface area contributed by atoms with Gasteiger partial charge in [0, 0.05) is 12.1 Å². The van der Waals surface area contributed by atoms with Gasteiger partial charge in [0.05, 0.1) is 6.54 Å². The fourth-order valence-corrected chi connectivity index (χ4v) is 1.48. The quantitative estimate of drug-likeness (QED) is 0.665. The lowest BCUT2D eigenvalue weighted by atomic mass is 10.2. The highest BCUT2D eigenvalue weighted by Gasteiger charge is 2.14. The summed E-state index contributed by atoms with van der Waals surface area (Å²) in [5.41, 5.74) is 1.17. The van der Waals surface area contributed by atoms with Crippen molar-refractivity contribution in [1.82, 2.24) is 4.90 Å². The molecule has 66 valence electrons. The van der Waals surface area contributed by atoms with E-state index in [1.165, 1.54) is 5.56 Å². The van der Waals surface area contributed by atoms with Crippen LogP contribution in [0.15, 0.2) is 48.1 Å². The van der Waals surface area contributed by atoms with Gasteiger partial charge in [-0.2, -0.15) is 0 Å². The van der Waals surface area contributed by atoms with E-state index in [4.69, 9.17) is 0 Å². The number of hydrogen-bond donors (Lipinski definition) is 0. The molecule has 1 aromatic rings. The third-order valence-corrected chi connectivity index (χ3v) is 2.13. The Kier molecular flexibility index (Phi) is 2.13. The summed E-state index contributed by atoms with van der Waals surface area (Å²) in [5, 5.41) is 0. The molecule has 0 saturated carbocycles. The Morgan fingerprint density at radius 1 is 1.31 bits per heavy atom. The molecule has 0 N–H and O–H groups in total. The fourth-order valence-electron chi connectivity index (χ4n) is 1.48. The highest BCUT2D eigenvalue weighted by Crippen LogP contribution is 2.10. The molecule has 0 radical (unpaired) electrons. The molecule has 2 heteroatoms. The first-order chi connectivity index (χ1) is 6.42. The van der Waals surface area contributed by atoms with E-state index in [-0.39, 0.29) is 0 Å². The van der Waals surface area contributed by atoms with Gasteiger partial charge in [-0.1, -0.05) is 36.9 Å². The Bertz CT molecular complexity index is 327. The second kappa shape index (κ2) is 3.44. The van der Waals surface area contributed by atoms with Crippen molar-refractivity contribution in [3.63, 3.8) is 0 Å². The Hall–Kier alpha value is -1.57. The van der Waals surface area contributed by atoms with Crippen LogP contribution in [0.2, 0.25) is 0 Å². The monoisotopic (exact) mass is 172 g/mol. The van der Waals surface area contributed by atoms with Gasteiger partial charge in [-0.05, 0) is 6.20 Å². The molecule has 2 rings (SSSR count). The topological polar surface area (TPSA) is 15.6 Å². The Balaban J connectivity index is 2.31. The van der Waals surface area contributed by atoms with Gasteiger partial charge in [0.15, 0.2) is 0 Å². The Labute approximate surface area is 78.2 Å². The minimum absolute atomic E-state index is 0.871. The lowest BCUT2D eigenvalue weighted by Gasteiger charge is -2.14. The number of nitrogens with zero attached hydrogens (tertiary/aromatic N) is 2. The number of rotatable bonds is 2. The van der Waals surface area contributed by atoms with E-state index in [2.05, 4.69) is 28.6 Å². The SMILES string of the molecule is C=CN1CCN=C1c1ccccc1. The molecule has 1 heterocycles. The summed E-state index contributed by atoms with van der Waals surface area (Å²) in [6, 6.07) is 10.2. The van der Waals surface area contributed by atoms with E-state index >= 15 is 0 Å². The third-order valence-electron chi connectivity index (χ3n) is 2.13. The molecule has 1 aliphatic rings. The molecule has 0 bridgehead atoms. The van der Waals surface area contributed by atoms with Crippen molar-refractivity contribution in [2.45, 2.75) is 0 Å². The second-order valence-corrected chi connectivity index (χ2v) is 2.95. The van der Waals surface area contributed by atoms with E-state index in [1.807, 2.05) is 24.4 Å². The Morgan fingerprint density at radius 2 is 2.08 bits per heavy atom. The van der Waals surface area contributed by atoms with Crippen molar-refractivity contribution < 1.29 is 0 Å². The maximum Gasteiger partial charge on any atom is 0.135 e. The highest BCUT2D eigenvalue weighted by atomic mass is 15.2. The molecule has 0 unspecified atom stereocenters. The summed E-state index contributed by atoms with van der Waals surface area (Å²) in [4.78, 5) is 6.51. The van der Waals surface area contributed by atoms with E-state index in [0.717, 1.165) is 18.9 Å². The summed E-state index contributed by atoms with van der Waals surface area (Å²) in [6.45, 7) is 5.59. The number of benzene rings is 1. The smallest absolute Gasteiger partial charge is 0.135 e. The predicted octanol–water partition coefficient (Wildman–Crippen LogP) is 1.89. The molecule has 0 atom stereocenters.